The quantitative estimate of drug-likeness (QED) is 0.657. The predicted octanol–water partition coefficient (Wildman–Crippen LogP) is 3.95. The van der Waals surface area contributed by atoms with Crippen molar-refractivity contribution in [2.24, 2.45) is 0 Å². The third-order valence-electron chi connectivity index (χ3n) is 2.54. The van der Waals surface area contributed by atoms with Crippen LogP contribution >= 0.6 is 15.9 Å². The van der Waals surface area contributed by atoms with Gasteiger partial charge in [-0.25, -0.2) is 13.2 Å². The summed E-state index contributed by atoms with van der Waals surface area (Å²) in [6, 6.07) is 9.22. The smallest absolute Gasteiger partial charge is 0.195 e. The maximum Gasteiger partial charge on any atom is 0.195 e. The topological polar surface area (TPSA) is 20.2 Å². The van der Waals surface area contributed by atoms with Crippen molar-refractivity contribution in [3.63, 3.8) is 0 Å². The van der Waals surface area contributed by atoms with Crippen LogP contribution in [0.3, 0.4) is 0 Å². The maximum atomic E-state index is 13.6. The molecule has 0 radical (unpaired) electrons. The van der Waals surface area contributed by atoms with E-state index < -0.39 is 23.6 Å². The highest BCUT2D eigenvalue weighted by molar-refractivity contribution is 9.10. The summed E-state index contributed by atoms with van der Waals surface area (Å²) in [5, 5.41) is 9.96. The summed E-state index contributed by atoms with van der Waals surface area (Å²) in [5.41, 5.74) is 0.0845. The molecule has 2 aromatic rings. The van der Waals surface area contributed by atoms with Gasteiger partial charge < -0.3 is 5.11 Å². The number of aliphatic hydroxyl groups excluding tert-OH is 1. The summed E-state index contributed by atoms with van der Waals surface area (Å²) in [5.74, 6) is -4.29. The second-order valence-electron chi connectivity index (χ2n) is 3.70. The van der Waals surface area contributed by atoms with E-state index in [9.17, 15) is 18.3 Å². The Morgan fingerprint density at radius 3 is 2.17 bits per heavy atom. The van der Waals surface area contributed by atoms with Crippen molar-refractivity contribution >= 4 is 15.9 Å². The summed E-state index contributed by atoms with van der Waals surface area (Å²) in [4.78, 5) is 0. The minimum atomic E-state index is -1.60. The molecule has 1 atom stereocenters. The summed E-state index contributed by atoms with van der Waals surface area (Å²) >= 11 is 2.78. The Morgan fingerprint density at radius 2 is 1.56 bits per heavy atom. The van der Waals surface area contributed by atoms with Crippen LogP contribution in [0.15, 0.2) is 40.9 Å². The van der Waals surface area contributed by atoms with Crippen LogP contribution in [0.5, 0.6) is 0 Å². The Morgan fingerprint density at radius 1 is 0.944 bits per heavy atom. The summed E-state index contributed by atoms with van der Waals surface area (Å²) in [6.07, 6.45) is -1.35. The van der Waals surface area contributed by atoms with Gasteiger partial charge in [0.25, 0.3) is 0 Å². The standard InChI is InChI=1S/C13H8BrF3O/c14-9-6-8(10(15)12(17)11(9)16)13(18)7-4-2-1-3-5-7/h1-6,13,18H. The third-order valence-corrected chi connectivity index (χ3v) is 3.12. The van der Waals surface area contributed by atoms with E-state index in [1.807, 2.05) is 0 Å². The van der Waals surface area contributed by atoms with Crippen molar-refractivity contribution in [1.29, 1.82) is 0 Å². The molecule has 0 heterocycles. The first-order valence-corrected chi connectivity index (χ1v) is 5.87. The highest BCUT2D eigenvalue weighted by atomic mass is 79.9. The summed E-state index contributed by atoms with van der Waals surface area (Å²) in [7, 11) is 0. The highest BCUT2D eigenvalue weighted by Crippen LogP contribution is 2.30. The van der Waals surface area contributed by atoms with Crippen LogP contribution in [0.2, 0.25) is 0 Å². The Balaban J connectivity index is 2.52. The molecule has 1 N–H and O–H groups in total. The fourth-order valence-electron chi connectivity index (χ4n) is 1.61. The van der Waals surface area contributed by atoms with Crippen molar-refractivity contribution in [1.82, 2.24) is 0 Å². The fraction of sp³-hybridized carbons (Fsp3) is 0.0769. The van der Waals surface area contributed by atoms with Crippen LogP contribution in [0.25, 0.3) is 0 Å². The van der Waals surface area contributed by atoms with Crippen LogP contribution in [0.1, 0.15) is 17.2 Å². The first-order valence-electron chi connectivity index (χ1n) is 5.08. The van der Waals surface area contributed by atoms with E-state index in [1.165, 1.54) is 0 Å². The molecule has 2 rings (SSSR count). The molecule has 0 spiro atoms. The zero-order valence-electron chi connectivity index (χ0n) is 9.00. The monoisotopic (exact) mass is 316 g/mol. The van der Waals surface area contributed by atoms with Crippen LogP contribution in [0, 0.1) is 17.5 Å². The van der Waals surface area contributed by atoms with E-state index >= 15 is 0 Å². The van der Waals surface area contributed by atoms with E-state index in [4.69, 9.17) is 0 Å². The summed E-state index contributed by atoms with van der Waals surface area (Å²) < 4.78 is 39.7. The van der Waals surface area contributed by atoms with Crippen molar-refractivity contribution in [2.75, 3.05) is 0 Å². The molecule has 0 bridgehead atoms. The van der Waals surface area contributed by atoms with Crippen LogP contribution in [-0.4, -0.2) is 5.11 Å². The first-order chi connectivity index (χ1) is 8.52. The molecule has 0 fully saturated rings. The lowest BCUT2D eigenvalue weighted by atomic mass is 10.0. The van der Waals surface area contributed by atoms with E-state index in [0.717, 1.165) is 6.07 Å². The van der Waals surface area contributed by atoms with Gasteiger partial charge in [-0.15, -0.1) is 0 Å². The van der Waals surface area contributed by atoms with Crippen molar-refractivity contribution in [3.05, 3.63) is 69.4 Å². The van der Waals surface area contributed by atoms with Gasteiger partial charge in [0.1, 0.15) is 6.10 Å². The Bertz CT molecular complexity index is 572. The van der Waals surface area contributed by atoms with Crippen LogP contribution < -0.4 is 0 Å². The molecule has 0 amide bonds. The minimum Gasteiger partial charge on any atom is -0.384 e. The van der Waals surface area contributed by atoms with Crippen molar-refractivity contribution in [3.8, 4) is 0 Å². The molecular weight excluding hydrogens is 309 g/mol. The van der Waals surface area contributed by atoms with Gasteiger partial charge >= 0.3 is 0 Å². The van der Waals surface area contributed by atoms with E-state index in [1.54, 1.807) is 30.3 Å². The molecule has 0 aromatic heterocycles. The van der Waals surface area contributed by atoms with Gasteiger partial charge in [-0.1, -0.05) is 30.3 Å². The molecule has 5 heteroatoms. The largest absolute Gasteiger partial charge is 0.384 e. The summed E-state index contributed by atoms with van der Waals surface area (Å²) in [6.45, 7) is 0. The van der Waals surface area contributed by atoms with Gasteiger partial charge in [-0.05, 0) is 27.6 Å². The lowest BCUT2D eigenvalue weighted by Crippen LogP contribution is -2.06. The lowest BCUT2D eigenvalue weighted by molar-refractivity contribution is 0.212. The maximum absolute atomic E-state index is 13.6. The molecule has 0 aliphatic rings. The van der Waals surface area contributed by atoms with Gasteiger partial charge in [0.15, 0.2) is 17.5 Å². The van der Waals surface area contributed by atoms with E-state index in [0.29, 0.717) is 5.56 Å². The minimum absolute atomic E-state index is 0.230. The SMILES string of the molecule is OC(c1ccccc1)c1cc(Br)c(F)c(F)c1F. The molecule has 0 saturated heterocycles. The van der Waals surface area contributed by atoms with E-state index in [-0.39, 0.29) is 10.0 Å². The fourth-order valence-corrected chi connectivity index (χ4v) is 2.03. The molecular formula is C13H8BrF3O. The van der Waals surface area contributed by atoms with Gasteiger partial charge in [0, 0.05) is 5.56 Å². The van der Waals surface area contributed by atoms with Crippen molar-refractivity contribution in [2.45, 2.75) is 6.10 Å². The average molecular weight is 317 g/mol. The van der Waals surface area contributed by atoms with Crippen LogP contribution in [0.4, 0.5) is 13.2 Å². The Labute approximate surface area is 110 Å². The Kier molecular flexibility index (Phi) is 3.73. The molecule has 94 valence electrons. The molecule has 0 aliphatic carbocycles. The first kappa shape index (κ1) is 13.1. The number of hydrogen-bond donors (Lipinski definition) is 1. The highest BCUT2D eigenvalue weighted by Gasteiger charge is 2.22. The van der Waals surface area contributed by atoms with Gasteiger partial charge in [0.2, 0.25) is 0 Å². The predicted molar refractivity (Wildman–Crippen MR) is 64.5 cm³/mol. The number of halogens is 4. The van der Waals surface area contributed by atoms with Gasteiger partial charge in [0.05, 0.1) is 4.47 Å². The molecule has 2 aromatic carbocycles. The molecule has 0 saturated carbocycles. The Hall–Kier alpha value is -1.33. The van der Waals surface area contributed by atoms with Gasteiger partial charge in [-0.3, -0.25) is 0 Å². The zero-order chi connectivity index (χ0) is 13.3. The van der Waals surface area contributed by atoms with Crippen molar-refractivity contribution < 1.29 is 18.3 Å². The average Bonchev–Trinajstić information content (AvgIpc) is 2.41. The third kappa shape index (κ3) is 2.28. The molecule has 1 unspecified atom stereocenters. The second-order valence-corrected chi connectivity index (χ2v) is 4.56. The van der Waals surface area contributed by atoms with E-state index in [2.05, 4.69) is 15.9 Å². The molecule has 1 nitrogen and oxygen atoms in total. The number of aliphatic hydroxyl groups is 1. The lowest BCUT2D eigenvalue weighted by Gasteiger charge is -2.13. The zero-order valence-corrected chi connectivity index (χ0v) is 10.6. The molecule has 18 heavy (non-hydrogen) atoms. The normalized spacial score (nSPS) is 12.5. The number of rotatable bonds is 2. The molecule has 0 aliphatic heterocycles. The second kappa shape index (κ2) is 5.12. The van der Waals surface area contributed by atoms with Gasteiger partial charge in [-0.2, -0.15) is 0 Å². The number of benzene rings is 2. The van der Waals surface area contributed by atoms with Crippen LogP contribution in [-0.2, 0) is 0 Å². The number of hydrogen-bond acceptors (Lipinski definition) is 1.